The molecule has 0 spiro atoms. The van der Waals surface area contributed by atoms with Crippen molar-refractivity contribution >= 4 is 5.91 Å². The number of nitrogens with two attached hydrogens (primary N) is 1. The minimum Gasteiger partial charge on any atom is -0.497 e. The molecule has 148 valence electrons. The van der Waals surface area contributed by atoms with E-state index in [1.807, 2.05) is 12.1 Å². The summed E-state index contributed by atoms with van der Waals surface area (Å²) in [6, 6.07) is 6.34. The zero-order valence-electron chi connectivity index (χ0n) is 16.5. The van der Waals surface area contributed by atoms with Gasteiger partial charge in [0.2, 0.25) is 5.91 Å². The van der Waals surface area contributed by atoms with Crippen LogP contribution in [-0.2, 0) is 4.79 Å². The smallest absolute Gasteiger partial charge is 0.226 e. The van der Waals surface area contributed by atoms with Gasteiger partial charge < -0.3 is 20.1 Å². The van der Waals surface area contributed by atoms with E-state index in [-0.39, 0.29) is 12.0 Å². The van der Waals surface area contributed by atoms with Crippen LogP contribution in [0.15, 0.2) is 18.2 Å². The Labute approximate surface area is 162 Å². The molecule has 27 heavy (non-hydrogen) atoms. The number of nitrogens with zero attached hydrogens (tertiary/aromatic N) is 1. The maximum atomic E-state index is 13.5. The van der Waals surface area contributed by atoms with E-state index >= 15 is 0 Å². The van der Waals surface area contributed by atoms with Crippen molar-refractivity contribution in [1.29, 1.82) is 0 Å². The van der Waals surface area contributed by atoms with Crippen LogP contribution in [0.1, 0.15) is 56.6 Å². The van der Waals surface area contributed by atoms with E-state index in [4.69, 9.17) is 15.2 Å². The highest BCUT2D eigenvalue weighted by Gasteiger charge is 2.43. The van der Waals surface area contributed by atoms with Gasteiger partial charge in [0.05, 0.1) is 20.3 Å². The summed E-state index contributed by atoms with van der Waals surface area (Å²) < 4.78 is 10.9. The van der Waals surface area contributed by atoms with E-state index in [9.17, 15) is 4.79 Å². The topological polar surface area (TPSA) is 64.8 Å². The predicted molar refractivity (Wildman–Crippen MR) is 105 cm³/mol. The maximum Gasteiger partial charge on any atom is 0.226 e. The summed E-state index contributed by atoms with van der Waals surface area (Å²) in [4.78, 5) is 15.6. The van der Waals surface area contributed by atoms with E-state index in [1.165, 1.54) is 19.3 Å². The highest BCUT2D eigenvalue weighted by molar-refractivity contribution is 5.80. The summed E-state index contributed by atoms with van der Waals surface area (Å²) in [5.41, 5.74) is 7.52. The molecule has 2 bridgehead atoms. The highest BCUT2D eigenvalue weighted by Crippen LogP contribution is 2.45. The predicted octanol–water partition coefficient (Wildman–Crippen LogP) is 3.52. The van der Waals surface area contributed by atoms with Crippen molar-refractivity contribution in [2.24, 2.45) is 23.5 Å². The van der Waals surface area contributed by atoms with Gasteiger partial charge in [0.1, 0.15) is 11.5 Å². The molecule has 0 aromatic heterocycles. The summed E-state index contributed by atoms with van der Waals surface area (Å²) in [6.45, 7) is 0.844. The lowest BCUT2D eigenvalue weighted by Crippen LogP contribution is -2.49. The standard InChI is InChI=1S/C22H32N2O3/c1-26-17-8-9-18(20(13-17)27-2)19-7-4-10-24(19)22(25)16-11-14-5-3-6-15(12-16)21(14)23/h8-9,13-16,19,21H,3-7,10-12,23H2,1-2H3. The Morgan fingerprint density at radius 3 is 2.48 bits per heavy atom. The van der Waals surface area contributed by atoms with Crippen LogP contribution >= 0.6 is 0 Å². The monoisotopic (exact) mass is 372 g/mol. The number of carbonyl (C=O) groups is 1. The number of rotatable bonds is 4. The molecule has 1 aromatic rings. The first-order valence-electron chi connectivity index (χ1n) is 10.4. The second-order valence-corrected chi connectivity index (χ2v) is 8.49. The van der Waals surface area contributed by atoms with Gasteiger partial charge in [-0.05, 0) is 62.5 Å². The molecule has 3 aliphatic rings. The molecular formula is C22H32N2O3. The van der Waals surface area contributed by atoms with E-state index in [2.05, 4.69) is 11.0 Å². The SMILES string of the molecule is COc1ccc(C2CCCN2C(=O)C2CC3CCCC(C2)C3N)c(OC)c1. The molecule has 1 heterocycles. The molecule has 5 nitrogen and oxygen atoms in total. The van der Waals surface area contributed by atoms with Gasteiger partial charge in [-0.25, -0.2) is 0 Å². The zero-order valence-corrected chi connectivity index (χ0v) is 16.5. The molecule has 2 saturated carbocycles. The van der Waals surface area contributed by atoms with Gasteiger partial charge in [-0.15, -0.1) is 0 Å². The third-order valence-electron chi connectivity index (χ3n) is 7.10. The highest BCUT2D eigenvalue weighted by atomic mass is 16.5. The Balaban J connectivity index is 1.54. The van der Waals surface area contributed by atoms with Crippen molar-refractivity contribution in [1.82, 2.24) is 4.90 Å². The summed E-state index contributed by atoms with van der Waals surface area (Å²) >= 11 is 0. The van der Waals surface area contributed by atoms with Crippen LogP contribution in [-0.4, -0.2) is 37.6 Å². The Bertz CT molecular complexity index is 678. The largest absolute Gasteiger partial charge is 0.497 e. The van der Waals surface area contributed by atoms with E-state index in [0.29, 0.717) is 23.8 Å². The Kier molecular flexibility index (Phi) is 5.31. The van der Waals surface area contributed by atoms with Crippen molar-refractivity contribution in [2.75, 3.05) is 20.8 Å². The fraction of sp³-hybridized carbons (Fsp3) is 0.682. The average Bonchev–Trinajstić information content (AvgIpc) is 3.16. The van der Waals surface area contributed by atoms with E-state index in [0.717, 1.165) is 49.3 Å². The molecular weight excluding hydrogens is 340 g/mol. The van der Waals surface area contributed by atoms with Crippen LogP contribution in [0.2, 0.25) is 0 Å². The number of hydrogen-bond donors (Lipinski definition) is 1. The third kappa shape index (κ3) is 3.42. The Morgan fingerprint density at radius 1 is 1.07 bits per heavy atom. The molecule has 3 fully saturated rings. The van der Waals surface area contributed by atoms with Gasteiger partial charge in [0.15, 0.2) is 0 Å². The van der Waals surface area contributed by atoms with E-state index in [1.54, 1.807) is 14.2 Å². The lowest BCUT2D eigenvalue weighted by Gasteiger charge is -2.44. The molecule has 2 aliphatic carbocycles. The first-order chi connectivity index (χ1) is 13.1. The molecule has 2 N–H and O–H groups in total. The second kappa shape index (κ2) is 7.70. The number of hydrogen-bond acceptors (Lipinski definition) is 4. The summed E-state index contributed by atoms with van der Waals surface area (Å²) in [7, 11) is 3.34. The molecule has 1 aromatic carbocycles. The fourth-order valence-corrected chi connectivity index (χ4v) is 5.67. The minimum absolute atomic E-state index is 0.105. The van der Waals surface area contributed by atoms with Crippen LogP contribution in [0.25, 0.3) is 0 Å². The minimum atomic E-state index is 0.105. The van der Waals surface area contributed by atoms with Crippen molar-refractivity contribution < 1.29 is 14.3 Å². The summed E-state index contributed by atoms with van der Waals surface area (Å²) in [5, 5.41) is 0. The quantitative estimate of drug-likeness (QED) is 0.878. The second-order valence-electron chi connectivity index (χ2n) is 8.49. The van der Waals surface area contributed by atoms with Crippen LogP contribution in [0.5, 0.6) is 11.5 Å². The number of likely N-dealkylation sites (tertiary alicyclic amines) is 1. The van der Waals surface area contributed by atoms with Gasteiger partial charge in [0.25, 0.3) is 0 Å². The Hall–Kier alpha value is -1.75. The van der Waals surface area contributed by atoms with Crippen LogP contribution in [0.3, 0.4) is 0 Å². The number of amides is 1. The molecule has 1 aliphatic heterocycles. The molecule has 1 amide bonds. The van der Waals surface area contributed by atoms with Crippen molar-refractivity contribution in [2.45, 2.75) is 57.0 Å². The number of ether oxygens (including phenoxy) is 2. The van der Waals surface area contributed by atoms with E-state index < -0.39 is 0 Å². The van der Waals surface area contributed by atoms with Gasteiger partial charge in [-0.1, -0.05) is 6.42 Å². The number of fused-ring (bicyclic) bond motifs is 2. The summed E-state index contributed by atoms with van der Waals surface area (Å²) in [6.07, 6.45) is 7.64. The van der Waals surface area contributed by atoms with Crippen LogP contribution in [0, 0.1) is 17.8 Å². The van der Waals surface area contributed by atoms with Gasteiger partial charge in [-0.2, -0.15) is 0 Å². The van der Waals surface area contributed by atoms with Gasteiger partial charge in [-0.3, -0.25) is 4.79 Å². The van der Waals surface area contributed by atoms with Crippen LogP contribution < -0.4 is 15.2 Å². The molecule has 5 heteroatoms. The molecule has 1 saturated heterocycles. The van der Waals surface area contributed by atoms with Crippen molar-refractivity contribution in [3.05, 3.63) is 23.8 Å². The molecule has 3 atom stereocenters. The van der Waals surface area contributed by atoms with Crippen molar-refractivity contribution in [3.63, 3.8) is 0 Å². The van der Waals surface area contributed by atoms with Gasteiger partial charge in [0, 0.05) is 30.1 Å². The fourth-order valence-electron chi connectivity index (χ4n) is 5.67. The number of methoxy groups -OCH3 is 2. The lowest BCUT2D eigenvalue weighted by atomic mass is 9.65. The van der Waals surface area contributed by atoms with Crippen molar-refractivity contribution in [3.8, 4) is 11.5 Å². The normalized spacial score (nSPS) is 33.0. The van der Waals surface area contributed by atoms with Gasteiger partial charge >= 0.3 is 0 Å². The number of carbonyl (C=O) groups excluding carboxylic acids is 1. The third-order valence-corrected chi connectivity index (χ3v) is 7.10. The zero-order chi connectivity index (χ0) is 19.0. The first-order valence-corrected chi connectivity index (χ1v) is 10.4. The average molecular weight is 373 g/mol. The molecule has 0 radical (unpaired) electrons. The first kappa shape index (κ1) is 18.6. The molecule has 4 rings (SSSR count). The maximum absolute atomic E-state index is 13.5. The van der Waals surface area contributed by atoms with Crippen LogP contribution in [0.4, 0.5) is 0 Å². The Morgan fingerprint density at radius 2 is 1.81 bits per heavy atom. The lowest BCUT2D eigenvalue weighted by molar-refractivity contribution is -0.139. The molecule has 3 unspecified atom stereocenters. The number of benzene rings is 1. The summed E-state index contributed by atoms with van der Waals surface area (Å²) in [5.74, 6) is 3.12.